The first-order valence-corrected chi connectivity index (χ1v) is 11.5. The van der Waals surface area contributed by atoms with E-state index in [0.29, 0.717) is 5.92 Å². The third kappa shape index (κ3) is 6.31. The highest BCUT2D eigenvalue weighted by Gasteiger charge is 2.30. The molecule has 1 aromatic carbocycles. The van der Waals surface area contributed by atoms with Gasteiger partial charge in [0.05, 0.1) is 6.61 Å². The van der Waals surface area contributed by atoms with Crippen molar-refractivity contribution < 1.29 is 4.74 Å². The van der Waals surface area contributed by atoms with Gasteiger partial charge >= 0.3 is 0 Å². The van der Waals surface area contributed by atoms with Gasteiger partial charge in [-0.15, -0.1) is 0 Å². The molecule has 0 unspecified atom stereocenters. The van der Waals surface area contributed by atoms with Gasteiger partial charge in [0, 0.05) is 11.5 Å². The van der Waals surface area contributed by atoms with Crippen molar-refractivity contribution in [2.45, 2.75) is 84.5 Å². The van der Waals surface area contributed by atoms with Gasteiger partial charge in [0.1, 0.15) is 5.75 Å². The van der Waals surface area contributed by atoms with Gasteiger partial charge in [-0.1, -0.05) is 51.4 Å². The zero-order valence-electron chi connectivity index (χ0n) is 17.5. The van der Waals surface area contributed by atoms with E-state index in [2.05, 4.69) is 37.8 Å². The minimum Gasteiger partial charge on any atom is -0.494 e. The Bertz CT molecular complexity index is 589. The summed E-state index contributed by atoms with van der Waals surface area (Å²) >= 11 is 0. The number of rotatable bonds is 6. The number of hydrogen-bond donors (Lipinski definition) is 0. The second-order valence-electron chi connectivity index (χ2n) is 8.82. The smallest absolute Gasteiger partial charge is 0.119 e. The van der Waals surface area contributed by atoms with Crippen molar-refractivity contribution >= 4 is 0 Å². The van der Waals surface area contributed by atoms with Crippen LogP contribution in [0, 0.1) is 35.5 Å². The summed E-state index contributed by atoms with van der Waals surface area (Å²) in [5, 5.41) is 0. The largest absolute Gasteiger partial charge is 0.494 e. The van der Waals surface area contributed by atoms with Crippen LogP contribution in [0.5, 0.6) is 5.75 Å². The third-order valence-electron chi connectivity index (χ3n) is 6.77. The summed E-state index contributed by atoms with van der Waals surface area (Å²) in [6.07, 6.45) is 15.3. The van der Waals surface area contributed by atoms with E-state index in [9.17, 15) is 0 Å². The maximum Gasteiger partial charge on any atom is 0.119 e. The zero-order chi connectivity index (χ0) is 18.9. The number of hydrogen-bond acceptors (Lipinski definition) is 1. The van der Waals surface area contributed by atoms with Gasteiger partial charge < -0.3 is 4.74 Å². The molecule has 0 aromatic heterocycles. The van der Waals surface area contributed by atoms with Crippen molar-refractivity contribution in [1.29, 1.82) is 0 Å². The van der Waals surface area contributed by atoms with Crippen molar-refractivity contribution in [3.8, 4) is 17.6 Å². The topological polar surface area (TPSA) is 9.23 Å². The fraction of sp³-hybridized carbons (Fsp3) is 0.692. The molecule has 0 spiro atoms. The molecule has 148 valence electrons. The molecule has 2 fully saturated rings. The molecule has 2 aliphatic carbocycles. The van der Waals surface area contributed by atoms with E-state index in [0.717, 1.165) is 42.1 Å². The first-order chi connectivity index (χ1) is 13.3. The predicted octanol–water partition coefficient (Wildman–Crippen LogP) is 7.24. The average molecular weight is 367 g/mol. The van der Waals surface area contributed by atoms with Crippen LogP contribution >= 0.6 is 0 Å². The Morgan fingerprint density at radius 1 is 0.815 bits per heavy atom. The van der Waals surface area contributed by atoms with Crippen LogP contribution in [0.4, 0.5) is 0 Å². The lowest BCUT2D eigenvalue weighted by Gasteiger charge is -2.37. The third-order valence-corrected chi connectivity index (χ3v) is 6.77. The Kier molecular flexibility index (Phi) is 8.12. The molecule has 3 rings (SSSR count). The lowest BCUT2D eigenvalue weighted by Crippen LogP contribution is -2.25. The van der Waals surface area contributed by atoms with E-state index in [1.54, 1.807) is 0 Å². The fourth-order valence-corrected chi connectivity index (χ4v) is 5.13. The molecule has 0 saturated heterocycles. The lowest BCUT2D eigenvalue weighted by molar-refractivity contribution is 0.154. The summed E-state index contributed by atoms with van der Waals surface area (Å²) in [4.78, 5) is 0. The van der Waals surface area contributed by atoms with Gasteiger partial charge in [0.25, 0.3) is 0 Å². The van der Waals surface area contributed by atoms with Gasteiger partial charge in [-0.05, 0) is 87.0 Å². The Labute approximate surface area is 167 Å². The van der Waals surface area contributed by atoms with Crippen molar-refractivity contribution in [3.05, 3.63) is 29.8 Å². The zero-order valence-corrected chi connectivity index (χ0v) is 17.5. The minimum absolute atomic E-state index is 0.605. The highest BCUT2D eigenvalue weighted by atomic mass is 16.5. The molecule has 0 atom stereocenters. The van der Waals surface area contributed by atoms with E-state index in [-0.39, 0.29) is 0 Å². The molecule has 1 aromatic rings. The Hall–Kier alpha value is -1.42. The van der Waals surface area contributed by atoms with Crippen LogP contribution in [0.3, 0.4) is 0 Å². The maximum atomic E-state index is 5.65. The molecular formula is C26H38O. The van der Waals surface area contributed by atoms with E-state index >= 15 is 0 Å². The molecule has 2 saturated carbocycles. The van der Waals surface area contributed by atoms with Gasteiger partial charge in [0.15, 0.2) is 0 Å². The highest BCUT2D eigenvalue weighted by Crippen LogP contribution is 2.42. The van der Waals surface area contributed by atoms with Crippen molar-refractivity contribution in [3.63, 3.8) is 0 Å². The van der Waals surface area contributed by atoms with Crippen LogP contribution < -0.4 is 4.74 Å². The molecule has 0 N–H and O–H groups in total. The molecule has 1 nitrogen and oxygen atoms in total. The van der Waals surface area contributed by atoms with Crippen LogP contribution in [0.2, 0.25) is 0 Å². The number of benzene rings is 1. The van der Waals surface area contributed by atoms with Gasteiger partial charge in [-0.2, -0.15) is 0 Å². The monoisotopic (exact) mass is 366 g/mol. The van der Waals surface area contributed by atoms with E-state index in [1.165, 1.54) is 64.2 Å². The molecule has 0 amide bonds. The number of ether oxygens (including phenoxy) is 1. The van der Waals surface area contributed by atoms with E-state index in [1.807, 2.05) is 12.1 Å². The molecule has 0 radical (unpaired) electrons. The molecule has 1 heteroatoms. The van der Waals surface area contributed by atoms with Crippen LogP contribution in [-0.2, 0) is 0 Å². The Morgan fingerprint density at radius 2 is 1.44 bits per heavy atom. The molecular weight excluding hydrogens is 328 g/mol. The fourth-order valence-electron chi connectivity index (χ4n) is 5.13. The Morgan fingerprint density at radius 3 is 2.04 bits per heavy atom. The summed E-state index contributed by atoms with van der Waals surface area (Å²) in [6.45, 7) is 5.25. The van der Waals surface area contributed by atoms with Crippen LogP contribution in [0.25, 0.3) is 0 Å². The normalized spacial score (nSPS) is 28.2. The quantitative estimate of drug-likeness (QED) is 0.482. The van der Waals surface area contributed by atoms with E-state index < -0.39 is 0 Å². The maximum absolute atomic E-state index is 5.65. The second kappa shape index (κ2) is 10.8. The predicted molar refractivity (Wildman–Crippen MR) is 115 cm³/mol. The lowest BCUT2D eigenvalue weighted by atomic mass is 9.69. The standard InChI is InChI=1S/C26H38O/c1-3-5-21-8-14-24(15-9-21)25-16-10-22(11-17-25)6-7-23-12-18-26(19-13-23)27-20-4-2/h12-13,18-19,21-22,24-25H,3-5,8-11,14-17,20H2,1-2H3/t21-,22-,24-,25-. The molecule has 2 aliphatic rings. The van der Waals surface area contributed by atoms with Crippen LogP contribution in [-0.4, -0.2) is 6.61 Å². The first kappa shape index (κ1) is 20.3. The van der Waals surface area contributed by atoms with Gasteiger partial charge in [-0.25, -0.2) is 0 Å². The van der Waals surface area contributed by atoms with Crippen molar-refractivity contribution in [2.24, 2.45) is 23.7 Å². The summed E-state index contributed by atoms with van der Waals surface area (Å²) in [5.74, 6) is 11.6. The average Bonchev–Trinajstić information content (AvgIpc) is 2.73. The van der Waals surface area contributed by atoms with Crippen molar-refractivity contribution in [1.82, 2.24) is 0 Å². The summed E-state index contributed by atoms with van der Waals surface area (Å²) in [7, 11) is 0. The summed E-state index contributed by atoms with van der Waals surface area (Å²) in [6, 6.07) is 8.29. The van der Waals surface area contributed by atoms with Gasteiger partial charge in [0.2, 0.25) is 0 Å². The minimum atomic E-state index is 0.605. The summed E-state index contributed by atoms with van der Waals surface area (Å²) in [5.41, 5.74) is 1.12. The first-order valence-electron chi connectivity index (χ1n) is 11.5. The SMILES string of the molecule is CCCOc1ccc(C#C[C@H]2CC[C@H]([C@H]3CC[C@H](CCC)CC3)CC2)cc1. The van der Waals surface area contributed by atoms with Crippen LogP contribution in [0.15, 0.2) is 24.3 Å². The second-order valence-corrected chi connectivity index (χ2v) is 8.82. The van der Waals surface area contributed by atoms with Gasteiger partial charge in [-0.3, -0.25) is 0 Å². The molecule has 0 aliphatic heterocycles. The highest BCUT2D eigenvalue weighted by molar-refractivity contribution is 5.38. The molecule has 27 heavy (non-hydrogen) atoms. The Balaban J connectivity index is 1.42. The molecule has 0 bridgehead atoms. The molecule has 0 heterocycles. The van der Waals surface area contributed by atoms with Crippen molar-refractivity contribution in [2.75, 3.05) is 6.61 Å². The van der Waals surface area contributed by atoms with Crippen LogP contribution in [0.1, 0.15) is 90.0 Å². The summed E-state index contributed by atoms with van der Waals surface area (Å²) < 4.78 is 5.65. The van der Waals surface area contributed by atoms with E-state index in [4.69, 9.17) is 4.74 Å².